The zero-order valence-corrected chi connectivity index (χ0v) is 11.6. The average Bonchev–Trinajstić information content (AvgIpc) is 2.89. The van der Waals surface area contributed by atoms with E-state index in [0.29, 0.717) is 25.4 Å². The average molecular weight is 295 g/mol. The number of rotatable bonds is 3. The van der Waals surface area contributed by atoms with Gasteiger partial charge in [-0.1, -0.05) is 6.07 Å². The van der Waals surface area contributed by atoms with Crippen LogP contribution in [-0.2, 0) is 9.47 Å². The molecule has 0 spiro atoms. The monoisotopic (exact) mass is 295 g/mol. The molecule has 1 amide bonds. The summed E-state index contributed by atoms with van der Waals surface area (Å²) < 4.78 is 24.1. The van der Waals surface area contributed by atoms with E-state index in [-0.39, 0.29) is 19.3 Å². The lowest BCUT2D eigenvalue weighted by molar-refractivity contribution is 0.0497. The lowest BCUT2D eigenvalue weighted by atomic mass is 10.2. The molecule has 2 aliphatic rings. The first-order valence-corrected chi connectivity index (χ1v) is 6.96. The molecule has 2 saturated heterocycles. The Morgan fingerprint density at radius 3 is 2.90 bits per heavy atom. The van der Waals surface area contributed by atoms with Crippen molar-refractivity contribution >= 4 is 17.5 Å². The van der Waals surface area contributed by atoms with Gasteiger partial charge in [-0.2, -0.15) is 0 Å². The Hall–Kier alpha value is -1.86. The van der Waals surface area contributed by atoms with Crippen LogP contribution in [0.3, 0.4) is 0 Å². The van der Waals surface area contributed by atoms with Gasteiger partial charge in [0.05, 0.1) is 19.8 Å². The summed E-state index contributed by atoms with van der Waals surface area (Å²) in [5, 5.41) is 0. The standard InChI is InChI=1S/C14H18FN3O3/c15-13-9-20-5-4-17(13)10-2-1-3-11(6-10)18-8-12(7-16)21-14(18)19/h1-3,6,12-13H,4-5,7-9,16H2/t12-,13?/m0/s1. The van der Waals surface area contributed by atoms with Gasteiger partial charge in [0, 0.05) is 24.5 Å². The highest BCUT2D eigenvalue weighted by Crippen LogP contribution is 2.28. The first-order valence-electron chi connectivity index (χ1n) is 6.96. The summed E-state index contributed by atoms with van der Waals surface area (Å²) in [5.74, 6) is 0. The van der Waals surface area contributed by atoms with E-state index in [1.54, 1.807) is 23.1 Å². The molecule has 0 aliphatic carbocycles. The molecule has 7 heteroatoms. The van der Waals surface area contributed by atoms with Gasteiger partial charge < -0.3 is 20.1 Å². The number of carbonyl (C=O) groups is 1. The number of hydrogen-bond acceptors (Lipinski definition) is 5. The van der Waals surface area contributed by atoms with Gasteiger partial charge in [-0.25, -0.2) is 9.18 Å². The number of hydrogen-bond donors (Lipinski definition) is 1. The third kappa shape index (κ3) is 2.79. The third-order valence-corrected chi connectivity index (χ3v) is 3.68. The van der Waals surface area contributed by atoms with Crippen molar-refractivity contribution in [1.82, 2.24) is 0 Å². The number of alkyl halides is 1. The molecular weight excluding hydrogens is 277 g/mol. The molecule has 0 radical (unpaired) electrons. The van der Waals surface area contributed by atoms with Gasteiger partial charge >= 0.3 is 6.09 Å². The van der Waals surface area contributed by atoms with Crippen molar-refractivity contribution in [2.24, 2.45) is 5.73 Å². The molecule has 114 valence electrons. The first kappa shape index (κ1) is 14.1. The summed E-state index contributed by atoms with van der Waals surface area (Å²) in [6, 6.07) is 7.22. The molecule has 0 saturated carbocycles. The normalized spacial score (nSPS) is 26.1. The summed E-state index contributed by atoms with van der Waals surface area (Å²) >= 11 is 0. The number of nitrogens with two attached hydrogens (primary N) is 1. The van der Waals surface area contributed by atoms with Crippen LogP contribution >= 0.6 is 0 Å². The van der Waals surface area contributed by atoms with Crippen LogP contribution in [0.1, 0.15) is 0 Å². The zero-order valence-electron chi connectivity index (χ0n) is 11.6. The number of ether oxygens (including phenoxy) is 2. The lowest BCUT2D eigenvalue weighted by Crippen LogP contribution is -2.43. The summed E-state index contributed by atoms with van der Waals surface area (Å²) in [6.45, 7) is 1.75. The molecule has 2 N–H and O–H groups in total. The molecule has 1 unspecified atom stereocenters. The van der Waals surface area contributed by atoms with Crippen LogP contribution < -0.4 is 15.5 Å². The van der Waals surface area contributed by atoms with Crippen LogP contribution in [-0.4, -0.2) is 51.3 Å². The summed E-state index contributed by atoms with van der Waals surface area (Å²) in [4.78, 5) is 15.0. The van der Waals surface area contributed by atoms with Gasteiger partial charge in [0.15, 0.2) is 6.30 Å². The van der Waals surface area contributed by atoms with E-state index in [0.717, 1.165) is 5.69 Å². The molecule has 6 nitrogen and oxygen atoms in total. The minimum Gasteiger partial charge on any atom is -0.443 e. The van der Waals surface area contributed by atoms with E-state index < -0.39 is 12.4 Å². The van der Waals surface area contributed by atoms with Crippen LogP contribution in [0.4, 0.5) is 20.6 Å². The van der Waals surface area contributed by atoms with Crippen molar-refractivity contribution in [2.45, 2.75) is 12.4 Å². The maximum absolute atomic E-state index is 13.9. The Bertz CT molecular complexity index is 528. The van der Waals surface area contributed by atoms with E-state index in [1.807, 2.05) is 6.07 Å². The fraction of sp³-hybridized carbons (Fsp3) is 0.500. The second-order valence-electron chi connectivity index (χ2n) is 5.07. The van der Waals surface area contributed by atoms with Gasteiger partial charge in [-0.05, 0) is 18.2 Å². The highest BCUT2D eigenvalue weighted by molar-refractivity contribution is 5.90. The molecule has 1 aromatic rings. The van der Waals surface area contributed by atoms with Gasteiger partial charge in [0.2, 0.25) is 0 Å². The van der Waals surface area contributed by atoms with E-state index in [2.05, 4.69) is 0 Å². The van der Waals surface area contributed by atoms with E-state index in [1.165, 1.54) is 4.90 Å². The van der Waals surface area contributed by atoms with E-state index in [9.17, 15) is 9.18 Å². The van der Waals surface area contributed by atoms with Crippen molar-refractivity contribution in [2.75, 3.05) is 42.6 Å². The largest absolute Gasteiger partial charge is 0.443 e. The Kier molecular flexibility index (Phi) is 3.94. The smallest absolute Gasteiger partial charge is 0.414 e. The maximum Gasteiger partial charge on any atom is 0.414 e. The van der Waals surface area contributed by atoms with Crippen molar-refractivity contribution in [3.63, 3.8) is 0 Å². The molecule has 1 aromatic carbocycles. The fourth-order valence-electron chi connectivity index (χ4n) is 2.56. The molecule has 2 fully saturated rings. The minimum atomic E-state index is -1.17. The molecule has 2 aliphatic heterocycles. The van der Waals surface area contributed by atoms with Gasteiger partial charge in [-0.3, -0.25) is 4.90 Å². The topological polar surface area (TPSA) is 68.0 Å². The molecule has 0 bridgehead atoms. The quantitative estimate of drug-likeness (QED) is 0.846. The number of anilines is 2. The number of morpholine rings is 1. The molecular formula is C14H18FN3O3. The van der Waals surface area contributed by atoms with E-state index >= 15 is 0 Å². The van der Waals surface area contributed by atoms with Crippen LogP contribution in [0, 0.1) is 0 Å². The number of amides is 1. The third-order valence-electron chi connectivity index (χ3n) is 3.68. The SMILES string of the molecule is NC[C@H]1CN(c2cccc(N3CCOCC3F)c2)C(=O)O1. The first-order chi connectivity index (χ1) is 10.2. The van der Waals surface area contributed by atoms with Crippen LogP contribution in [0.15, 0.2) is 24.3 Å². The Balaban J connectivity index is 1.81. The number of halogens is 1. The lowest BCUT2D eigenvalue weighted by Gasteiger charge is -2.32. The van der Waals surface area contributed by atoms with Crippen molar-refractivity contribution < 1.29 is 18.7 Å². The molecule has 3 rings (SSSR count). The van der Waals surface area contributed by atoms with Gasteiger partial charge in [0.25, 0.3) is 0 Å². The van der Waals surface area contributed by atoms with Crippen LogP contribution in [0.2, 0.25) is 0 Å². The predicted molar refractivity (Wildman–Crippen MR) is 76.2 cm³/mol. The van der Waals surface area contributed by atoms with Gasteiger partial charge in [0.1, 0.15) is 6.10 Å². The van der Waals surface area contributed by atoms with Gasteiger partial charge in [-0.15, -0.1) is 0 Å². The Morgan fingerprint density at radius 2 is 2.19 bits per heavy atom. The molecule has 2 heterocycles. The second-order valence-corrected chi connectivity index (χ2v) is 5.07. The van der Waals surface area contributed by atoms with Crippen molar-refractivity contribution in [1.29, 1.82) is 0 Å². The Morgan fingerprint density at radius 1 is 1.38 bits per heavy atom. The molecule has 0 aromatic heterocycles. The maximum atomic E-state index is 13.9. The van der Waals surface area contributed by atoms with E-state index in [4.69, 9.17) is 15.2 Å². The molecule has 21 heavy (non-hydrogen) atoms. The number of carbonyl (C=O) groups excluding carboxylic acids is 1. The second kappa shape index (κ2) is 5.87. The van der Waals surface area contributed by atoms with Crippen molar-refractivity contribution in [3.8, 4) is 0 Å². The summed E-state index contributed by atoms with van der Waals surface area (Å²) in [6.07, 6.45) is -1.88. The fourth-order valence-corrected chi connectivity index (χ4v) is 2.56. The van der Waals surface area contributed by atoms with Crippen LogP contribution in [0.5, 0.6) is 0 Å². The minimum absolute atomic E-state index is 0.0607. The van der Waals surface area contributed by atoms with Crippen molar-refractivity contribution in [3.05, 3.63) is 24.3 Å². The molecule has 2 atom stereocenters. The predicted octanol–water partition coefficient (Wildman–Crippen LogP) is 1.10. The summed E-state index contributed by atoms with van der Waals surface area (Å²) in [5.41, 5.74) is 6.94. The summed E-state index contributed by atoms with van der Waals surface area (Å²) in [7, 11) is 0. The number of benzene rings is 1. The zero-order chi connectivity index (χ0) is 14.8. The number of nitrogens with zero attached hydrogens (tertiary/aromatic N) is 2. The highest BCUT2D eigenvalue weighted by atomic mass is 19.1. The van der Waals surface area contributed by atoms with Crippen LogP contribution in [0.25, 0.3) is 0 Å². The highest BCUT2D eigenvalue weighted by Gasteiger charge is 2.32. The Labute approximate surface area is 122 Å². The number of cyclic esters (lactones) is 1.